The Kier molecular flexibility index (Phi) is 4.70. The second kappa shape index (κ2) is 6.17. The molecule has 1 aromatic carbocycles. The maximum Gasteiger partial charge on any atom is 0.416 e. The van der Waals surface area contributed by atoms with Crippen molar-refractivity contribution in [3.8, 4) is 0 Å². The number of alkyl halides is 3. The Hall–Kier alpha value is -1.37. The molecule has 21 heavy (non-hydrogen) atoms. The van der Waals surface area contributed by atoms with Gasteiger partial charge in [-0.2, -0.15) is 13.2 Å². The molecule has 1 heterocycles. The van der Waals surface area contributed by atoms with Gasteiger partial charge in [0.15, 0.2) is 0 Å². The van der Waals surface area contributed by atoms with Gasteiger partial charge in [0.05, 0.1) is 11.7 Å². The summed E-state index contributed by atoms with van der Waals surface area (Å²) in [6.07, 6.45) is -5.31. The van der Waals surface area contributed by atoms with Gasteiger partial charge in [0.1, 0.15) is 0 Å². The fraction of sp³-hybridized carbons (Fsp3) is 0.333. The molecule has 6 heteroatoms. The molecular formula is C15H16F3NOS. The monoisotopic (exact) mass is 315 g/mol. The van der Waals surface area contributed by atoms with E-state index < -0.39 is 23.8 Å². The molecule has 0 aliphatic heterocycles. The molecule has 2 unspecified atom stereocenters. The van der Waals surface area contributed by atoms with Crippen LogP contribution in [0.2, 0.25) is 0 Å². The van der Waals surface area contributed by atoms with Crippen molar-refractivity contribution < 1.29 is 18.3 Å². The number of nitrogens with two attached hydrogens (primary N) is 1. The van der Waals surface area contributed by atoms with E-state index in [9.17, 15) is 18.3 Å². The number of halogens is 3. The Balaban J connectivity index is 2.33. The summed E-state index contributed by atoms with van der Waals surface area (Å²) in [5, 5.41) is 10.4. The Morgan fingerprint density at radius 1 is 1.24 bits per heavy atom. The van der Waals surface area contributed by atoms with Crippen molar-refractivity contribution >= 4 is 11.3 Å². The molecule has 0 aliphatic carbocycles. The summed E-state index contributed by atoms with van der Waals surface area (Å²) in [6.45, 7) is 1.97. The molecule has 1 aromatic heterocycles. The third-order valence-electron chi connectivity index (χ3n) is 3.33. The maximum atomic E-state index is 12.8. The zero-order valence-corrected chi connectivity index (χ0v) is 12.2. The molecule has 2 rings (SSSR count). The third kappa shape index (κ3) is 3.64. The Labute approximate surface area is 125 Å². The van der Waals surface area contributed by atoms with Gasteiger partial charge in [-0.05, 0) is 30.7 Å². The van der Waals surface area contributed by atoms with Crippen LogP contribution in [-0.4, -0.2) is 11.7 Å². The quantitative estimate of drug-likeness (QED) is 0.900. The second-order valence-corrected chi connectivity index (χ2v) is 6.18. The van der Waals surface area contributed by atoms with Gasteiger partial charge in [0, 0.05) is 22.2 Å². The van der Waals surface area contributed by atoms with E-state index >= 15 is 0 Å². The predicted octanol–water partition coefficient (Wildman–Crippen LogP) is 3.85. The van der Waals surface area contributed by atoms with Gasteiger partial charge in [0.2, 0.25) is 0 Å². The van der Waals surface area contributed by atoms with Gasteiger partial charge in [0.25, 0.3) is 0 Å². The second-order valence-electron chi connectivity index (χ2n) is 4.86. The number of aliphatic hydroxyl groups excluding tert-OH is 1. The van der Waals surface area contributed by atoms with Crippen molar-refractivity contribution in [2.75, 3.05) is 6.54 Å². The lowest BCUT2D eigenvalue weighted by Gasteiger charge is -2.22. The van der Waals surface area contributed by atoms with Crippen molar-refractivity contribution in [1.82, 2.24) is 0 Å². The van der Waals surface area contributed by atoms with E-state index in [0.717, 1.165) is 17.0 Å². The first-order valence-corrected chi connectivity index (χ1v) is 7.26. The highest BCUT2D eigenvalue weighted by molar-refractivity contribution is 7.12. The van der Waals surface area contributed by atoms with Crippen LogP contribution in [0.3, 0.4) is 0 Å². The molecule has 3 N–H and O–H groups in total. The van der Waals surface area contributed by atoms with E-state index in [4.69, 9.17) is 5.73 Å². The Bertz CT molecular complexity index is 609. The number of aliphatic hydroxyl groups is 1. The first-order chi connectivity index (χ1) is 9.82. The highest BCUT2D eigenvalue weighted by Gasteiger charge is 2.32. The number of rotatable bonds is 4. The van der Waals surface area contributed by atoms with Crippen LogP contribution in [0.15, 0.2) is 36.4 Å². The minimum Gasteiger partial charge on any atom is -0.387 e. The summed E-state index contributed by atoms with van der Waals surface area (Å²) in [5.74, 6) is -0.564. The van der Waals surface area contributed by atoms with Crippen LogP contribution in [-0.2, 0) is 6.18 Å². The zero-order valence-electron chi connectivity index (χ0n) is 11.4. The van der Waals surface area contributed by atoms with E-state index in [1.54, 1.807) is 12.1 Å². The molecule has 2 aromatic rings. The summed E-state index contributed by atoms with van der Waals surface area (Å²) in [4.78, 5) is 1.74. The Morgan fingerprint density at radius 2 is 1.95 bits per heavy atom. The van der Waals surface area contributed by atoms with Gasteiger partial charge in [-0.1, -0.05) is 18.2 Å². The van der Waals surface area contributed by atoms with Gasteiger partial charge in [-0.3, -0.25) is 0 Å². The van der Waals surface area contributed by atoms with Crippen LogP contribution < -0.4 is 5.73 Å². The number of hydrogen-bond acceptors (Lipinski definition) is 3. The lowest BCUT2D eigenvalue weighted by molar-refractivity contribution is -0.137. The van der Waals surface area contributed by atoms with Crippen LogP contribution in [0.1, 0.15) is 32.9 Å². The minimum atomic E-state index is -4.40. The van der Waals surface area contributed by atoms with Crippen molar-refractivity contribution in [3.63, 3.8) is 0 Å². The zero-order chi connectivity index (χ0) is 15.6. The molecule has 0 fully saturated rings. The molecule has 0 radical (unpaired) electrons. The molecule has 0 bridgehead atoms. The van der Waals surface area contributed by atoms with Crippen molar-refractivity contribution in [2.45, 2.75) is 25.1 Å². The number of aryl methyl sites for hydroxylation is 1. The molecule has 0 saturated carbocycles. The molecule has 0 spiro atoms. The van der Waals surface area contributed by atoms with E-state index in [2.05, 4.69) is 0 Å². The van der Waals surface area contributed by atoms with Crippen molar-refractivity contribution in [3.05, 3.63) is 57.3 Å². The molecule has 0 amide bonds. The van der Waals surface area contributed by atoms with Crippen molar-refractivity contribution in [1.29, 1.82) is 0 Å². The van der Waals surface area contributed by atoms with Crippen LogP contribution in [0.25, 0.3) is 0 Å². The van der Waals surface area contributed by atoms with Crippen molar-refractivity contribution in [2.24, 2.45) is 5.73 Å². The average molecular weight is 315 g/mol. The van der Waals surface area contributed by atoms with Crippen LogP contribution in [0.5, 0.6) is 0 Å². The molecule has 0 aliphatic rings. The lowest BCUT2D eigenvalue weighted by atomic mass is 9.91. The number of benzene rings is 1. The summed E-state index contributed by atoms with van der Waals surface area (Å²) >= 11 is 1.42. The highest BCUT2D eigenvalue weighted by atomic mass is 32.1. The van der Waals surface area contributed by atoms with E-state index in [1.807, 2.05) is 13.0 Å². The summed E-state index contributed by atoms with van der Waals surface area (Å²) in [5.41, 5.74) is 5.34. The van der Waals surface area contributed by atoms with Gasteiger partial charge < -0.3 is 10.8 Å². The van der Waals surface area contributed by atoms with E-state index in [1.165, 1.54) is 17.4 Å². The first-order valence-electron chi connectivity index (χ1n) is 6.44. The van der Waals surface area contributed by atoms with Crippen LogP contribution in [0, 0.1) is 6.92 Å². The van der Waals surface area contributed by atoms with Crippen LogP contribution in [0.4, 0.5) is 13.2 Å². The standard InChI is InChI=1S/C15H16F3NOS/c1-9-5-6-13(21-9)14(20)12(8-19)10-3-2-4-11(7-10)15(16,17)18/h2-7,12,14,20H,8,19H2,1H3. The first kappa shape index (κ1) is 16.0. The summed E-state index contributed by atoms with van der Waals surface area (Å²) < 4.78 is 38.3. The third-order valence-corrected chi connectivity index (χ3v) is 4.40. The smallest absolute Gasteiger partial charge is 0.387 e. The normalized spacial score (nSPS) is 15.0. The molecule has 0 saturated heterocycles. The maximum absolute atomic E-state index is 12.8. The molecule has 2 nitrogen and oxygen atoms in total. The number of thiophene rings is 1. The number of hydrogen-bond donors (Lipinski definition) is 2. The molecule has 114 valence electrons. The average Bonchev–Trinajstić information content (AvgIpc) is 2.85. The topological polar surface area (TPSA) is 46.2 Å². The predicted molar refractivity (Wildman–Crippen MR) is 77.3 cm³/mol. The molecule has 2 atom stereocenters. The van der Waals surface area contributed by atoms with Crippen LogP contribution >= 0.6 is 11.3 Å². The highest BCUT2D eigenvalue weighted by Crippen LogP contribution is 2.36. The fourth-order valence-corrected chi connectivity index (χ4v) is 3.13. The summed E-state index contributed by atoms with van der Waals surface area (Å²) in [6, 6.07) is 8.62. The Morgan fingerprint density at radius 3 is 2.48 bits per heavy atom. The lowest BCUT2D eigenvalue weighted by Crippen LogP contribution is -2.20. The fourth-order valence-electron chi connectivity index (χ4n) is 2.20. The van der Waals surface area contributed by atoms with Gasteiger partial charge >= 0.3 is 6.18 Å². The largest absolute Gasteiger partial charge is 0.416 e. The van der Waals surface area contributed by atoms with Gasteiger partial charge in [-0.25, -0.2) is 0 Å². The SMILES string of the molecule is Cc1ccc(C(O)C(CN)c2cccc(C(F)(F)F)c2)s1. The minimum absolute atomic E-state index is 0.0689. The van der Waals surface area contributed by atoms with E-state index in [0.29, 0.717) is 10.4 Å². The van der Waals surface area contributed by atoms with E-state index in [-0.39, 0.29) is 6.54 Å². The van der Waals surface area contributed by atoms with Gasteiger partial charge in [-0.15, -0.1) is 11.3 Å². The summed E-state index contributed by atoms with van der Waals surface area (Å²) in [7, 11) is 0. The molecular weight excluding hydrogens is 299 g/mol.